The summed E-state index contributed by atoms with van der Waals surface area (Å²) in [7, 11) is 0. The molecule has 2 fully saturated rings. The molecule has 0 aliphatic carbocycles. The zero-order valence-electron chi connectivity index (χ0n) is 16.2. The number of H-pyrrole nitrogens is 1. The first-order valence-electron chi connectivity index (χ1n) is 9.84. The zero-order chi connectivity index (χ0) is 20.0. The number of morpholine rings is 1. The van der Waals surface area contributed by atoms with Gasteiger partial charge in [-0.25, -0.2) is 4.98 Å². The first-order chi connectivity index (χ1) is 14.0. The van der Waals surface area contributed by atoms with Crippen LogP contribution in [0.1, 0.15) is 22.5 Å². The number of aromatic amines is 1. The Labute approximate surface area is 167 Å². The topological polar surface area (TPSA) is 103 Å². The number of phenolic OH excluding ortho intramolecular Hbond substituents is 1. The van der Waals surface area contributed by atoms with E-state index < -0.39 is 0 Å². The van der Waals surface area contributed by atoms with Crippen LogP contribution in [0.5, 0.6) is 5.75 Å². The van der Waals surface area contributed by atoms with Crippen LogP contribution in [0.15, 0.2) is 30.3 Å². The van der Waals surface area contributed by atoms with Crippen molar-refractivity contribution < 1.29 is 14.6 Å². The highest BCUT2D eigenvalue weighted by Gasteiger charge is 2.42. The molecular formula is C21H23N5O3. The molecule has 5 rings (SSSR count). The van der Waals surface area contributed by atoms with E-state index in [1.807, 2.05) is 17.9 Å². The van der Waals surface area contributed by atoms with Gasteiger partial charge in [0.15, 0.2) is 5.65 Å². The Morgan fingerprint density at radius 3 is 2.90 bits per heavy atom. The van der Waals surface area contributed by atoms with Crippen molar-refractivity contribution in [1.82, 2.24) is 25.4 Å². The number of aryl methyl sites for hydroxylation is 1. The molecule has 4 heterocycles. The number of fused-ring (bicyclic) bond motifs is 1. The third-order valence-electron chi connectivity index (χ3n) is 5.84. The highest BCUT2D eigenvalue weighted by molar-refractivity contribution is 6.07. The number of ether oxygens (including phenoxy) is 1. The number of amides is 1. The first-order valence-corrected chi connectivity index (χ1v) is 9.84. The van der Waals surface area contributed by atoms with Crippen molar-refractivity contribution >= 4 is 16.9 Å². The molecule has 1 atom stereocenters. The molecule has 1 unspecified atom stereocenters. The summed E-state index contributed by atoms with van der Waals surface area (Å²) < 4.78 is 6.03. The minimum Gasteiger partial charge on any atom is -0.508 e. The second-order valence-electron chi connectivity index (χ2n) is 7.83. The predicted molar refractivity (Wildman–Crippen MR) is 108 cm³/mol. The SMILES string of the molecule is Cc1[nH]nc2nc(-c3ccc(O)cc3)cc(C(=O)N3CCC4(CNCCO4)C3)c12. The molecule has 2 saturated heterocycles. The molecular weight excluding hydrogens is 370 g/mol. The minimum absolute atomic E-state index is 0.0343. The quantitative estimate of drug-likeness (QED) is 0.614. The van der Waals surface area contributed by atoms with Crippen molar-refractivity contribution in [3.63, 3.8) is 0 Å². The van der Waals surface area contributed by atoms with Crippen LogP contribution in [-0.4, -0.2) is 69.5 Å². The maximum atomic E-state index is 13.5. The van der Waals surface area contributed by atoms with Gasteiger partial charge in [-0.2, -0.15) is 5.10 Å². The lowest BCUT2D eigenvalue weighted by Crippen LogP contribution is -2.51. The van der Waals surface area contributed by atoms with Gasteiger partial charge in [-0.15, -0.1) is 0 Å². The third kappa shape index (κ3) is 3.14. The highest BCUT2D eigenvalue weighted by atomic mass is 16.5. The lowest BCUT2D eigenvalue weighted by atomic mass is 10.0. The van der Waals surface area contributed by atoms with Gasteiger partial charge in [0.1, 0.15) is 5.75 Å². The molecule has 1 aromatic carbocycles. The Morgan fingerprint density at radius 1 is 1.31 bits per heavy atom. The van der Waals surface area contributed by atoms with Crippen LogP contribution in [0.4, 0.5) is 0 Å². The highest BCUT2D eigenvalue weighted by Crippen LogP contribution is 2.31. The molecule has 3 aromatic rings. The zero-order valence-corrected chi connectivity index (χ0v) is 16.2. The molecule has 8 nitrogen and oxygen atoms in total. The standard InChI is InChI=1S/C21H23N5O3/c1-13-18-16(20(28)26-8-6-21(12-26)11-22-7-9-29-21)10-17(23-19(18)25-24-13)14-2-4-15(27)5-3-14/h2-5,10,22,27H,6-9,11-12H2,1H3,(H,23,24,25). The largest absolute Gasteiger partial charge is 0.508 e. The van der Waals surface area contributed by atoms with Gasteiger partial charge in [0.05, 0.1) is 35.4 Å². The van der Waals surface area contributed by atoms with E-state index in [1.165, 1.54) is 0 Å². The third-order valence-corrected chi connectivity index (χ3v) is 5.84. The maximum absolute atomic E-state index is 13.5. The fraction of sp³-hybridized carbons (Fsp3) is 0.381. The Kier molecular flexibility index (Phi) is 4.25. The van der Waals surface area contributed by atoms with Crippen molar-refractivity contribution in [2.75, 3.05) is 32.8 Å². The number of carbonyl (C=O) groups excluding carboxylic acids is 1. The summed E-state index contributed by atoms with van der Waals surface area (Å²) >= 11 is 0. The van der Waals surface area contributed by atoms with E-state index in [9.17, 15) is 9.90 Å². The van der Waals surface area contributed by atoms with Crippen molar-refractivity contribution in [2.45, 2.75) is 18.9 Å². The minimum atomic E-state index is -0.286. The van der Waals surface area contributed by atoms with E-state index in [0.717, 1.165) is 36.2 Å². The normalized spacial score (nSPS) is 21.9. The fourth-order valence-electron chi connectivity index (χ4n) is 4.28. The van der Waals surface area contributed by atoms with Crippen LogP contribution < -0.4 is 5.32 Å². The van der Waals surface area contributed by atoms with E-state index in [2.05, 4.69) is 20.5 Å². The van der Waals surface area contributed by atoms with Crippen LogP contribution >= 0.6 is 0 Å². The number of carbonyl (C=O) groups is 1. The number of aromatic nitrogens is 3. The van der Waals surface area contributed by atoms with Crippen molar-refractivity contribution in [1.29, 1.82) is 0 Å². The molecule has 1 spiro atoms. The monoisotopic (exact) mass is 393 g/mol. The second-order valence-corrected chi connectivity index (χ2v) is 7.83. The molecule has 3 N–H and O–H groups in total. The van der Waals surface area contributed by atoms with Crippen molar-refractivity contribution in [2.24, 2.45) is 0 Å². The van der Waals surface area contributed by atoms with E-state index in [1.54, 1.807) is 24.3 Å². The molecule has 29 heavy (non-hydrogen) atoms. The Bertz CT molecular complexity index is 1070. The van der Waals surface area contributed by atoms with Gasteiger partial charge in [0.25, 0.3) is 5.91 Å². The molecule has 0 radical (unpaired) electrons. The van der Waals surface area contributed by atoms with Crippen LogP contribution in [0.3, 0.4) is 0 Å². The van der Waals surface area contributed by atoms with Gasteiger partial charge in [-0.3, -0.25) is 9.89 Å². The number of aromatic hydroxyl groups is 1. The van der Waals surface area contributed by atoms with Gasteiger partial charge in [-0.1, -0.05) is 0 Å². The summed E-state index contributed by atoms with van der Waals surface area (Å²) in [5, 5.41) is 20.9. The lowest BCUT2D eigenvalue weighted by Gasteiger charge is -2.34. The van der Waals surface area contributed by atoms with Gasteiger partial charge in [0, 0.05) is 30.9 Å². The molecule has 0 bridgehead atoms. The molecule has 0 saturated carbocycles. The second kappa shape index (κ2) is 6.82. The predicted octanol–water partition coefficient (Wildman–Crippen LogP) is 1.84. The van der Waals surface area contributed by atoms with Crippen LogP contribution in [0.2, 0.25) is 0 Å². The Morgan fingerprint density at radius 2 is 2.14 bits per heavy atom. The Balaban J connectivity index is 1.54. The number of hydrogen-bond acceptors (Lipinski definition) is 6. The van der Waals surface area contributed by atoms with Crippen molar-refractivity contribution in [3.05, 3.63) is 41.6 Å². The average Bonchev–Trinajstić information content (AvgIpc) is 3.32. The smallest absolute Gasteiger partial charge is 0.254 e. The number of phenols is 1. The molecule has 8 heteroatoms. The van der Waals surface area contributed by atoms with Crippen molar-refractivity contribution in [3.8, 4) is 17.0 Å². The van der Waals surface area contributed by atoms with Gasteiger partial charge in [0.2, 0.25) is 0 Å². The summed E-state index contributed by atoms with van der Waals surface area (Å²) in [5.41, 5.74) is 3.10. The number of rotatable bonds is 2. The number of nitrogens with zero attached hydrogens (tertiary/aromatic N) is 3. The number of pyridine rings is 1. The summed E-state index contributed by atoms with van der Waals surface area (Å²) in [6, 6.07) is 8.60. The van der Waals surface area contributed by atoms with Gasteiger partial charge < -0.3 is 20.1 Å². The number of likely N-dealkylation sites (tertiary alicyclic amines) is 1. The van der Waals surface area contributed by atoms with Gasteiger partial charge >= 0.3 is 0 Å². The molecule has 1 amide bonds. The molecule has 2 aliphatic rings. The summed E-state index contributed by atoms with van der Waals surface area (Å²) in [6.07, 6.45) is 0.829. The molecule has 150 valence electrons. The Hall–Kier alpha value is -2.97. The van der Waals surface area contributed by atoms with Crippen LogP contribution in [0.25, 0.3) is 22.3 Å². The number of nitrogens with one attached hydrogen (secondary N) is 2. The van der Waals surface area contributed by atoms with E-state index in [-0.39, 0.29) is 17.3 Å². The number of benzene rings is 1. The maximum Gasteiger partial charge on any atom is 0.254 e. The molecule has 2 aromatic heterocycles. The van der Waals surface area contributed by atoms with Crippen LogP contribution in [0, 0.1) is 6.92 Å². The van der Waals surface area contributed by atoms with Crippen LogP contribution in [-0.2, 0) is 4.74 Å². The molecule has 2 aliphatic heterocycles. The number of hydrogen-bond donors (Lipinski definition) is 3. The average molecular weight is 393 g/mol. The summed E-state index contributed by atoms with van der Waals surface area (Å²) in [4.78, 5) is 20.0. The first kappa shape index (κ1) is 18.1. The summed E-state index contributed by atoms with van der Waals surface area (Å²) in [5.74, 6) is 0.151. The van der Waals surface area contributed by atoms with Gasteiger partial charge in [-0.05, 0) is 43.7 Å². The van der Waals surface area contributed by atoms with E-state index in [4.69, 9.17) is 4.74 Å². The summed E-state index contributed by atoms with van der Waals surface area (Å²) in [6.45, 7) is 5.43. The fourth-order valence-corrected chi connectivity index (χ4v) is 4.28. The van der Waals surface area contributed by atoms with E-state index >= 15 is 0 Å². The van der Waals surface area contributed by atoms with E-state index in [0.29, 0.717) is 36.6 Å². The lowest BCUT2D eigenvalue weighted by molar-refractivity contribution is -0.0559.